The van der Waals surface area contributed by atoms with Crippen molar-refractivity contribution in [3.05, 3.63) is 35.4 Å². The molecule has 2 aliphatic rings. The fourth-order valence-corrected chi connectivity index (χ4v) is 4.53. The lowest BCUT2D eigenvalue weighted by atomic mass is 10.0. The highest BCUT2D eigenvalue weighted by molar-refractivity contribution is 7.99. The molecule has 5 heteroatoms. The molecule has 2 aliphatic heterocycles. The zero-order valence-corrected chi connectivity index (χ0v) is 13.7. The Balaban J connectivity index is 1.64. The number of nitrogens with zero attached hydrogens (tertiary/aromatic N) is 1. The highest BCUT2D eigenvalue weighted by atomic mass is 32.2. The van der Waals surface area contributed by atoms with Crippen molar-refractivity contribution in [1.82, 2.24) is 10.2 Å². The molecule has 0 aliphatic carbocycles. The van der Waals surface area contributed by atoms with E-state index in [9.17, 15) is 9.59 Å². The van der Waals surface area contributed by atoms with Crippen LogP contribution in [0, 0.1) is 6.92 Å². The van der Waals surface area contributed by atoms with Gasteiger partial charge in [0.25, 0.3) is 0 Å². The predicted octanol–water partition coefficient (Wildman–Crippen LogP) is 2.28. The maximum atomic E-state index is 12.5. The first-order chi connectivity index (χ1) is 10.6. The molecule has 2 heterocycles. The van der Waals surface area contributed by atoms with Crippen molar-refractivity contribution in [3.63, 3.8) is 0 Å². The van der Waals surface area contributed by atoms with Gasteiger partial charge in [0.2, 0.25) is 11.8 Å². The maximum Gasteiger partial charge on any atom is 0.245 e. The first kappa shape index (κ1) is 15.4. The fourth-order valence-electron chi connectivity index (χ4n) is 3.21. The Morgan fingerprint density at radius 1 is 1.27 bits per heavy atom. The highest BCUT2D eigenvalue weighted by Gasteiger charge is 2.32. The fraction of sp³-hybridized carbons (Fsp3) is 0.529. The summed E-state index contributed by atoms with van der Waals surface area (Å²) >= 11 is 1.93. The second-order valence-corrected chi connectivity index (χ2v) is 7.30. The van der Waals surface area contributed by atoms with E-state index < -0.39 is 0 Å². The van der Waals surface area contributed by atoms with Gasteiger partial charge in [-0.2, -0.15) is 11.8 Å². The van der Waals surface area contributed by atoms with Crippen molar-refractivity contribution in [1.29, 1.82) is 0 Å². The Morgan fingerprint density at radius 3 is 2.82 bits per heavy atom. The second kappa shape index (κ2) is 6.73. The van der Waals surface area contributed by atoms with E-state index in [1.807, 2.05) is 16.7 Å². The molecule has 0 aromatic heterocycles. The van der Waals surface area contributed by atoms with Crippen LogP contribution in [0.5, 0.6) is 0 Å². The van der Waals surface area contributed by atoms with Gasteiger partial charge in [0.15, 0.2) is 0 Å². The number of thioether (sulfide) groups is 1. The molecule has 22 heavy (non-hydrogen) atoms. The minimum atomic E-state index is -0.299. The van der Waals surface area contributed by atoms with Crippen LogP contribution in [0.25, 0.3) is 0 Å². The van der Waals surface area contributed by atoms with Gasteiger partial charge in [-0.3, -0.25) is 9.59 Å². The maximum absolute atomic E-state index is 12.5. The summed E-state index contributed by atoms with van der Waals surface area (Å²) in [6.07, 6.45) is 2.09. The molecule has 2 fully saturated rings. The van der Waals surface area contributed by atoms with E-state index in [1.54, 1.807) is 0 Å². The lowest BCUT2D eigenvalue weighted by Gasteiger charge is -2.23. The highest BCUT2D eigenvalue weighted by Crippen LogP contribution is 2.36. The number of aryl methyl sites for hydroxylation is 1. The van der Waals surface area contributed by atoms with Gasteiger partial charge in [0, 0.05) is 30.5 Å². The van der Waals surface area contributed by atoms with Crippen molar-refractivity contribution in [2.45, 2.75) is 37.5 Å². The van der Waals surface area contributed by atoms with E-state index in [2.05, 4.69) is 36.5 Å². The number of hydrogen-bond donors (Lipinski definition) is 1. The van der Waals surface area contributed by atoms with Crippen molar-refractivity contribution >= 4 is 23.6 Å². The number of hydrogen-bond acceptors (Lipinski definition) is 3. The third-order valence-electron chi connectivity index (χ3n) is 4.48. The molecule has 0 spiro atoms. The average Bonchev–Trinajstić information content (AvgIpc) is 2.81. The van der Waals surface area contributed by atoms with Crippen LogP contribution >= 0.6 is 11.8 Å². The molecule has 3 rings (SSSR count). The average molecular weight is 318 g/mol. The van der Waals surface area contributed by atoms with Gasteiger partial charge in [-0.25, -0.2) is 0 Å². The minimum Gasteiger partial charge on any atom is -0.344 e. The van der Waals surface area contributed by atoms with Crippen LogP contribution in [0.3, 0.4) is 0 Å². The molecule has 1 aromatic carbocycles. The van der Waals surface area contributed by atoms with E-state index in [0.717, 1.165) is 25.3 Å². The van der Waals surface area contributed by atoms with Crippen LogP contribution in [0.2, 0.25) is 0 Å². The van der Waals surface area contributed by atoms with Crippen LogP contribution in [-0.4, -0.2) is 41.6 Å². The topological polar surface area (TPSA) is 49.4 Å². The van der Waals surface area contributed by atoms with E-state index in [0.29, 0.717) is 18.1 Å². The summed E-state index contributed by atoms with van der Waals surface area (Å²) in [4.78, 5) is 25.7. The molecule has 1 aromatic rings. The number of benzene rings is 1. The summed E-state index contributed by atoms with van der Waals surface area (Å²) in [6, 6.07) is 8.20. The summed E-state index contributed by atoms with van der Waals surface area (Å²) < 4.78 is 0. The van der Waals surface area contributed by atoms with Gasteiger partial charge in [-0.15, -0.1) is 0 Å². The Hall–Kier alpha value is -1.49. The number of amides is 2. The van der Waals surface area contributed by atoms with Crippen LogP contribution < -0.4 is 5.32 Å². The van der Waals surface area contributed by atoms with Crippen molar-refractivity contribution in [3.8, 4) is 0 Å². The summed E-state index contributed by atoms with van der Waals surface area (Å²) in [7, 11) is 0. The zero-order chi connectivity index (χ0) is 15.5. The van der Waals surface area contributed by atoms with Gasteiger partial charge in [-0.05, 0) is 30.9 Å². The van der Waals surface area contributed by atoms with E-state index in [-0.39, 0.29) is 17.9 Å². The van der Waals surface area contributed by atoms with E-state index in [4.69, 9.17) is 0 Å². The standard InChI is InChI=1S/C17H22N2O2S/c1-12-4-2-3-5-13(12)15-8-9-19(10-11-22-15)17(21)14-6-7-16(20)18-14/h2-5,14-15H,6-11H2,1H3,(H,18,20). The Bertz CT molecular complexity index is 576. The number of carbonyl (C=O) groups excluding carboxylic acids is 2. The smallest absolute Gasteiger partial charge is 0.245 e. The van der Waals surface area contributed by atoms with Crippen LogP contribution in [0.4, 0.5) is 0 Å². The van der Waals surface area contributed by atoms with Gasteiger partial charge in [0.1, 0.15) is 6.04 Å². The monoisotopic (exact) mass is 318 g/mol. The van der Waals surface area contributed by atoms with Gasteiger partial charge in [-0.1, -0.05) is 24.3 Å². The van der Waals surface area contributed by atoms with E-state index >= 15 is 0 Å². The molecule has 0 saturated carbocycles. The molecule has 2 atom stereocenters. The molecular formula is C17H22N2O2S. The van der Waals surface area contributed by atoms with Crippen molar-refractivity contribution < 1.29 is 9.59 Å². The van der Waals surface area contributed by atoms with Crippen molar-refractivity contribution in [2.24, 2.45) is 0 Å². The molecule has 1 N–H and O–H groups in total. The summed E-state index contributed by atoms with van der Waals surface area (Å²) in [5.74, 6) is 1.04. The number of rotatable bonds is 2. The quantitative estimate of drug-likeness (QED) is 0.910. The molecule has 2 unspecified atom stereocenters. The van der Waals surface area contributed by atoms with Gasteiger partial charge >= 0.3 is 0 Å². The summed E-state index contributed by atoms with van der Waals surface area (Å²) in [6.45, 7) is 3.70. The first-order valence-electron chi connectivity index (χ1n) is 7.90. The van der Waals surface area contributed by atoms with Gasteiger partial charge < -0.3 is 10.2 Å². The third-order valence-corrected chi connectivity index (χ3v) is 5.79. The molecule has 0 bridgehead atoms. The lowest BCUT2D eigenvalue weighted by molar-refractivity contribution is -0.134. The summed E-state index contributed by atoms with van der Waals surface area (Å²) in [5.41, 5.74) is 2.71. The van der Waals surface area contributed by atoms with Gasteiger partial charge in [0.05, 0.1) is 0 Å². The third kappa shape index (κ3) is 3.29. The lowest BCUT2D eigenvalue weighted by Crippen LogP contribution is -2.45. The first-order valence-corrected chi connectivity index (χ1v) is 8.95. The van der Waals surface area contributed by atoms with Crippen LogP contribution in [0.1, 0.15) is 35.6 Å². The van der Waals surface area contributed by atoms with Crippen molar-refractivity contribution in [2.75, 3.05) is 18.8 Å². The molecule has 0 radical (unpaired) electrons. The normalized spacial score (nSPS) is 25.7. The molecule has 2 saturated heterocycles. The largest absolute Gasteiger partial charge is 0.344 e. The number of nitrogens with one attached hydrogen (secondary N) is 1. The van der Waals surface area contributed by atoms with Crippen LogP contribution in [-0.2, 0) is 9.59 Å². The Morgan fingerprint density at radius 2 is 2.09 bits per heavy atom. The molecule has 4 nitrogen and oxygen atoms in total. The Labute approximate surface area is 135 Å². The molecule has 118 valence electrons. The SMILES string of the molecule is Cc1ccccc1C1CCN(C(=O)C2CCC(=O)N2)CCS1. The Kier molecular flexibility index (Phi) is 4.71. The van der Waals surface area contributed by atoms with Crippen LogP contribution in [0.15, 0.2) is 24.3 Å². The second-order valence-electron chi connectivity index (χ2n) is 5.99. The number of carbonyl (C=O) groups is 2. The van der Waals surface area contributed by atoms with E-state index in [1.165, 1.54) is 11.1 Å². The molecule has 2 amide bonds. The molecular weight excluding hydrogens is 296 g/mol. The predicted molar refractivity (Wildman–Crippen MR) is 88.7 cm³/mol. The summed E-state index contributed by atoms with van der Waals surface area (Å²) in [5, 5.41) is 3.24. The minimum absolute atomic E-state index is 0.000309. The zero-order valence-electron chi connectivity index (χ0n) is 12.9.